The molecule has 0 unspecified atom stereocenters. The lowest BCUT2D eigenvalue weighted by Crippen LogP contribution is -2.13. The van der Waals surface area contributed by atoms with Crippen LogP contribution in [0.4, 0.5) is 24.5 Å². The van der Waals surface area contributed by atoms with E-state index in [0.29, 0.717) is 12.1 Å². The Morgan fingerprint density at radius 2 is 2.00 bits per heavy atom. The van der Waals surface area contributed by atoms with Crippen LogP contribution >= 0.6 is 11.3 Å². The average molecular weight is 272 g/mol. The van der Waals surface area contributed by atoms with Gasteiger partial charge in [0.25, 0.3) is 5.91 Å². The fraction of sp³-hybridized carbons (Fsp3) is 0. The zero-order chi connectivity index (χ0) is 13.3. The van der Waals surface area contributed by atoms with Gasteiger partial charge in [-0.15, -0.1) is 11.3 Å². The maximum absolute atomic E-state index is 13.3. The highest BCUT2D eigenvalue weighted by atomic mass is 32.1. The number of carbonyl (C=O) groups is 1. The van der Waals surface area contributed by atoms with Crippen molar-refractivity contribution in [1.29, 1.82) is 0 Å². The lowest BCUT2D eigenvalue weighted by molar-refractivity contribution is 0.103. The molecule has 0 spiro atoms. The van der Waals surface area contributed by atoms with Crippen molar-refractivity contribution in [3.8, 4) is 0 Å². The summed E-state index contributed by atoms with van der Waals surface area (Å²) >= 11 is 1.04. The van der Waals surface area contributed by atoms with E-state index in [2.05, 4.69) is 5.32 Å². The predicted molar refractivity (Wildman–Crippen MR) is 63.0 cm³/mol. The standard InChI is InChI=1S/C11H7F3N2OS/c12-5-3-6(13)9(14)8(4-5)16-11(17)10-7(15)1-2-18-10/h1-4H,15H2,(H,16,17). The first-order valence-electron chi connectivity index (χ1n) is 4.78. The van der Waals surface area contributed by atoms with Gasteiger partial charge >= 0.3 is 0 Å². The summed E-state index contributed by atoms with van der Waals surface area (Å²) in [5.74, 6) is -4.39. The summed E-state index contributed by atoms with van der Waals surface area (Å²) in [6.07, 6.45) is 0. The van der Waals surface area contributed by atoms with Crippen LogP contribution in [0.25, 0.3) is 0 Å². The minimum absolute atomic E-state index is 0.152. The SMILES string of the molecule is Nc1ccsc1C(=O)Nc1cc(F)cc(F)c1F. The van der Waals surface area contributed by atoms with E-state index in [4.69, 9.17) is 5.73 Å². The number of nitrogens with two attached hydrogens (primary N) is 1. The van der Waals surface area contributed by atoms with E-state index >= 15 is 0 Å². The normalized spacial score (nSPS) is 10.4. The monoisotopic (exact) mass is 272 g/mol. The molecular weight excluding hydrogens is 265 g/mol. The molecule has 2 rings (SSSR count). The van der Waals surface area contributed by atoms with Crippen molar-refractivity contribution in [2.45, 2.75) is 0 Å². The van der Waals surface area contributed by atoms with Gasteiger partial charge in [0.05, 0.1) is 11.4 Å². The van der Waals surface area contributed by atoms with Gasteiger partial charge in [0.15, 0.2) is 11.6 Å². The minimum Gasteiger partial charge on any atom is -0.397 e. The van der Waals surface area contributed by atoms with Crippen LogP contribution < -0.4 is 11.1 Å². The molecule has 2 aromatic rings. The van der Waals surface area contributed by atoms with Gasteiger partial charge in [-0.3, -0.25) is 4.79 Å². The van der Waals surface area contributed by atoms with Crippen LogP contribution in [0.2, 0.25) is 0 Å². The number of nitrogen functional groups attached to an aromatic ring is 1. The number of nitrogens with one attached hydrogen (secondary N) is 1. The molecule has 0 aliphatic heterocycles. The third-order valence-corrected chi connectivity index (χ3v) is 3.07. The molecule has 1 amide bonds. The zero-order valence-corrected chi connectivity index (χ0v) is 9.65. The summed E-state index contributed by atoms with van der Waals surface area (Å²) < 4.78 is 39.1. The highest BCUT2D eigenvalue weighted by molar-refractivity contribution is 7.12. The number of carbonyl (C=O) groups excluding carboxylic acids is 1. The second-order valence-electron chi connectivity index (χ2n) is 3.41. The highest BCUT2D eigenvalue weighted by Gasteiger charge is 2.16. The fourth-order valence-corrected chi connectivity index (χ4v) is 2.04. The van der Waals surface area contributed by atoms with E-state index in [0.717, 1.165) is 11.3 Å². The van der Waals surface area contributed by atoms with Crippen LogP contribution in [0.5, 0.6) is 0 Å². The first-order valence-corrected chi connectivity index (χ1v) is 5.66. The van der Waals surface area contributed by atoms with E-state index in [-0.39, 0.29) is 10.6 Å². The molecule has 94 valence electrons. The van der Waals surface area contributed by atoms with Gasteiger partial charge in [0.2, 0.25) is 0 Å². The lowest BCUT2D eigenvalue weighted by Gasteiger charge is -2.06. The molecule has 0 aliphatic carbocycles. The number of anilines is 2. The molecule has 0 saturated carbocycles. The Labute approximate surface area is 104 Å². The molecule has 3 N–H and O–H groups in total. The van der Waals surface area contributed by atoms with E-state index in [1.165, 1.54) is 6.07 Å². The van der Waals surface area contributed by atoms with Crippen molar-refractivity contribution in [2.75, 3.05) is 11.1 Å². The third-order valence-electron chi connectivity index (χ3n) is 2.14. The van der Waals surface area contributed by atoms with E-state index in [1.54, 1.807) is 5.38 Å². The molecule has 0 fully saturated rings. The van der Waals surface area contributed by atoms with E-state index in [9.17, 15) is 18.0 Å². The molecular formula is C11H7F3N2OS. The molecule has 0 bridgehead atoms. The quantitative estimate of drug-likeness (QED) is 0.826. The summed E-state index contributed by atoms with van der Waals surface area (Å²) in [6.45, 7) is 0. The minimum atomic E-state index is -1.37. The van der Waals surface area contributed by atoms with Crippen molar-refractivity contribution in [3.05, 3.63) is 45.9 Å². The first-order chi connectivity index (χ1) is 8.49. The van der Waals surface area contributed by atoms with Crippen LogP contribution in [0.3, 0.4) is 0 Å². The van der Waals surface area contributed by atoms with Crippen LogP contribution in [-0.4, -0.2) is 5.91 Å². The van der Waals surface area contributed by atoms with Crippen molar-refractivity contribution in [1.82, 2.24) is 0 Å². The van der Waals surface area contributed by atoms with Crippen LogP contribution in [0.15, 0.2) is 23.6 Å². The second-order valence-corrected chi connectivity index (χ2v) is 4.32. The smallest absolute Gasteiger partial charge is 0.267 e. The van der Waals surface area contributed by atoms with E-state index < -0.39 is 29.0 Å². The Kier molecular flexibility index (Phi) is 3.24. The Morgan fingerprint density at radius 1 is 1.28 bits per heavy atom. The predicted octanol–water partition coefficient (Wildman–Crippen LogP) is 3.00. The molecule has 0 saturated heterocycles. The van der Waals surface area contributed by atoms with Crippen LogP contribution in [0.1, 0.15) is 9.67 Å². The Morgan fingerprint density at radius 3 is 2.61 bits per heavy atom. The number of amides is 1. The molecule has 0 aliphatic rings. The van der Waals surface area contributed by atoms with Crippen LogP contribution in [0, 0.1) is 17.5 Å². The Hall–Kier alpha value is -2.02. The summed E-state index contributed by atoms with van der Waals surface area (Å²) in [6, 6.07) is 2.59. The highest BCUT2D eigenvalue weighted by Crippen LogP contribution is 2.23. The maximum Gasteiger partial charge on any atom is 0.267 e. The van der Waals surface area contributed by atoms with Gasteiger partial charge in [-0.1, -0.05) is 0 Å². The van der Waals surface area contributed by atoms with Gasteiger partial charge in [-0.25, -0.2) is 13.2 Å². The fourth-order valence-electron chi connectivity index (χ4n) is 1.33. The number of rotatable bonds is 2. The summed E-state index contributed by atoms with van der Waals surface area (Å²) in [4.78, 5) is 11.8. The maximum atomic E-state index is 13.3. The van der Waals surface area contributed by atoms with Gasteiger partial charge in [0.1, 0.15) is 10.7 Å². The lowest BCUT2D eigenvalue weighted by atomic mass is 10.2. The molecule has 1 aromatic heterocycles. The number of halogens is 3. The van der Waals surface area contributed by atoms with Gasteiger partial charge in [-0.2, -0.15) is 0 Å². The molecule has 0 atom stereocenters. The van der Waals surface area contributed by atoms with Gasteiger partial charge in [-0.05, 0) is 11.4 Å². The van der Waals surface area contributed by atoms with Crippen molar-refractivity contribution in [3.63, 3.8) is 0 Å². The molecule has 18 heavy (non-hydrogen) atoms. The number of hydrogen-bond donors (Lipinski definition) is 2. The van der Waals surface area contributed by atoms with Crippen LogP contribution in [-0.2, 0) is 0 Å². The summed E-state index contributed by atoms with van der Waals surface area (Å²) in [5.41, 5.74) is 5.15. The molecule has 1 aromatic carbocycles. The number of hydrogen-bond acceptors (Lipinski definition) is 3. The molecule has 0 radical (unpaired) electrons. The van der Waals surface area contributed by atoms with Gasteiger partial charge in [0, 0.05) is 12.1 Å². The zero-order valence-electron chi connectivity index (χ0n) is 8.84. The summed E-state index contributed by atoms with van der Waals surface area (Å²) in [5, 5.41) is 3.65. The topological polar surface area (TPSA) is 55.1 Å². The second kappa shape index (κ2) is 4.69. The summed E-state index contributed by atoms with van der Waals surface area (Å²) in [7, 11) is 0. The third kappa shape index (κ3) is 2.30. The Balaban J connectivity index is 2.30. The van der Waals surface area contributed by atoms with Crippen molar-refractivity contribution < 1.29 is 18.0 Å². The van der Waals surface area contributed by atoms with Crippen molar-refractivity contribution >= 4 is 28.6 Å². The number of benzene rings is 1. The largest absolute Gasteiger partial charge is 0.397 e. The Bertz CT molecular complexity index is 612. The average Bonchev–Trinajstić information content (AvgIpc) is 2.71. The molecule has 7 heteroatoms. The van der Waals surface area contributed by atoms with Crippen molar-refractivity contribution in [2.24, 2.45) is 0 Å². The van der Waals surface area contributed by atoms with E-state index in [1.807, 2.05) is 0 Å². The number of thiophene rings is 1. The molecule has 3 nitrogen and oxygen atoms in total. The first kappa shape index (κ1) is 12.4. The van der Waals surface area contributed by atoms with Gasteiger partial charge < -0.3 is 11.1 Å². The molecule has 1 heterocycles.